The van der Waals surface area contributed by atoms with Gasteiger partial charge in [0.2, 0.25) is 5.91 Å². The van der Waals surface area contributed by atoms with Gasteiger partial charge in [0.1, 0.15) is 12.6 Å². The van der Waals surface area contributed by atoms with E-state index in [1.165, 1.54) is 7.05 Å². The minimum absolute atomic E-state index is 0.531. The molecule has 114 valence electrons. The zero-order valence-corrected chi connectivity index (χ0v) is 11.0. The quantitative estimate of drug-likeness (QED) is 0.530. The van der Waals surface area contributed by atoms with E-state index in [1.54, 1.807) is 0 Å². The smallest absolute Gasteiger partial charge is 0.331 e. The van der Waals surface area contributed by atoms with Crippen LogP contribution in [0.4, 0.5) is 0 Å². The average Bonchev–Trinajstić information content (AvgIpc) is 2.38. The van der Waals surface area contributed by atoms with E-state index in [4.69, 9.17) is 10.2 Å². The SMILES string of the molecule is Cn1c(=O)ccn(CC(=O)N[C@H](CC(=O)O)C(=O)O)c1=O. The van der Waals surface area contributed by atoms with Gasteiger partial charge in [-0.3, -0.25) is 23.5 Å². The molecule has 0 unspecified atom stereocenters. The number of carboxylic acid groups (broad SMARTS) is 2. The number of carboxylic acids is 2. The molecule has 0 aliphatic heterocycles. The molecule has 1 heterocycles. The molecule has 21 heavy (non-hydrogen) atoms. The Kier molecular flexibility index (Phi) is 5.00. The number of rotatable bonds is 6. The van der Waals surface area contributed by atoms with E-state index < -0.39 is 48.1 Å². The largest absolute Gasteiger partial charge is 0.481 e. The molecule has 0 radical (unpaired) electrons. The molecule has 1 aromatic heterocycles. The Hall–Kier alpha value is -2.91. The molecular formula is C11H13N3O7. The molecule has 0 aromatic carbocycles. The van der Waals surface area contributed by atoms with Crippen molar-refractivity contribution in [3.05, 3.63) is 33.1 Å². The average molecular weight is 299 g/mol. The van der Waals surface area contributed by atoms with Gasteiger partial charge in [-0.2, -0.15) is 0 Å². The van der Waals surface area contributed by atoms with Crippen LogP contribution in [0, 0.1) is 0 Å². The number of carbonyl (C=O) groups is 3. The second-order valence-electron chi connectivity index (χ2n) is 4.18. The number of nitrogens with one attached hydrogen (secondary N) is 1. The third-order valence-corrected chi connectivity index (χ3v) is 2.59. The van der Waals surface area contributed by atoms with Gasteiger partial charge in [0.15, 0.2) is 0 Å². The molecule has 1 rings (SSSR count). The van der Waals surface area contributed by atoms with E-state index in [0.717, 1.165) is 21.4 Å². The molecule has 0 aliphatic rings. The lowest BCUT2D eigenvalue weighted by Crippen LogP contribution is -2.45. The summed E-state index contributed by atoms with van der Waals surface area (Å²) in [4.78, 5) is 55.8. The normalized spacial score (nSPS) is 11.7. The van der Waals surface area contributed by atoms with Gasteiger partial charge in [-0.05, 0) is 0 Å². The lowest BCUT2D eigenvalue weighted by atomic mass is 10.2. The number of amides is 1. The van der Waals surface area contributed by atoms with Gasteiger partial charge in [0.05, 0.1) is 6.42 Å². The maximum absolute atomic E-state index is 11.7. The molecule has 0 fully saturated rings. The molecule has 1 aromatic rings. The van der Waals surface area contributed by atoms with Crippen molar-refractivity contribution in [3.8, 4) is 0 Å². The minimum Gasteiger partial charge on any atom is -0.481 e. The fourth-order valence-corrected chi connectivity index (χ4v) is 1.51. The van der Waals surface area contributed by atoms with E-state index in [2.05, 4.69) is 0 Å². The monoisotopic (exact) mass is 299 g/mol. The fourth-order valence-electron chi connectivity index (χ4n) is 1.51. The molecule has 1 amide bonds. The van der Waals surface area contributed by atoms with Crippen molar-refractivity contribution in [2.24, 2.45) is 7.05 Å². The van der Waals surface area contributed by atoms with E-state index in [-0.39, 0.29) is 0 Å². The van der Waals surface area contributed by atoms with Crippen molar-refractivity contribution >= 4 is 17.8 Å². The van der Waals surface area contributed by atoms with E-state index in [1.807, 2.05) is 5.32 Å². The predicted molar refractivity (Wildman–Crippen MR) is 67.8 cm³/mol. The Morgan fingerprint density at radius 3 is 2.43 bits per heavy atom. The molecule has 1 atom stereocenters. The van der Waals surface area contributed by atoms with Crippen LogP contribution < -0.4 is 16.6 Å². The molecular weight excluding hydrogens is 286 g/mol. The summed E-state index contributed by atoms with van der Waals surface area (Å²) in [6, 6.07) is -0.529. The van der Waals surface area contributed by atoms with Crippen LogP contribution >= 0.6 is 0 Å². The van der Waals surface area contributed by atoms with Crippen LogP contribution in [0.3, 0.4) is 0 Å². The number of aromatic nitrogens is 2. The van der Waals surface area contributed by atoms with Crippen LogP contribution in [0.2, 0.25) is 0 Å². The standard InChI is InChI=1S/C11H13N3O7/c1-13-8(16)2-3-14(11(13)21)5-7(15)12-6(10(19)20)4-9(17)18/h2-3,6H,4-5H2,1H3,(H,12,15)(H,17,18)(H,19,20)/t6-/m1/s1. The highest BCUT2D eigenvalue weighted by atomic mass is 16.4. The van der Waals surface area contributed by atoms with Crippen molar-refractivity contribution in [1.29, 1.82) is 0 Å². The molecule has 0 saturated heterocycles. The highest BCUT2D eigenvalue weighted by Gasteiger charge is 2.23. The summed E-state index contributed by atoms with van der Waals surface area (Å²) in [7, 11) is 1.23. The number of aliphatic carboxylic acids is 2. The fraction of sp³-hybridized carbons (Fsp3) is 0.364. The summed E-state index contributed by atoms with van der Waals surface area (Å²) in [6.45, 7) is -0.531. The number of hydrogen-bond acceptors (Lipinski definition) is 5. The first kappa shape index (κ1) is 16.1. The molecule has 3 N–H and O–H groups in total. The summed E-state index contributed by atoms with van der Waals surface area (Å²) in [5.41, 5.74) is -1.30. The van der Waals surface area contributed by atoms with Gasteiger partial charge < -0.3 is 15.5 Å². The molecule has 0 saturated carbocycles. The van der Waals surface area contributed by atoms with Crippen LogP contribution in [0.5, 0.6) is 0 Å². The van der Waals surface area contributed by atoms with Gasteiger partial charge in [-0.25, -0.2) is 9.59 Å². The lowest BCUT2D eigenvalue weighted by molar-refractivity contribution is -0.147. The molecule has 10 heteroatoms. The Bertz CT molecular complexity index is 688. The van der Waals surface area contributed by atoms with Crippen LogP contribution in [-0.4, -0.2) is 43.2 Å². The topological polar surface area (TPSA) is 148 Å². The van der Waals surface area contributed by atoms with E-state index in [9.17, 15) is 24.0 Å². The van der Waals surface area contributed by atoms with Crippen molar-refractivity contribution in [2.45, 2.75) is 19.0 Å². The second kappa shape index (κ2) is 6.50. The third-order valence-electron chi connectivity index (χ3n) is 2.59. The van der Waals surface area contributed by atoms with E-state index >= 15 is 0 Å². The summed E-state index contributed by atoms with van der Waals surface area (Å²) in [6.07, 6.45) is 0.306. The predicted octanol–water partition coefficient (Wildman–Crippen LogP) is -2.41. The van der Waals surface area contributed by atoms with Crippen molar-refractivity contribution in [3.63, 3.8) is 0 Å². The van der Waals surface area contributed by atoms with E-state index in [0.29, 0.717) is 0 Å². The first-order valence-electron chi connectivity index (χ1n) is 5.73. The van der Waals surface area contributed by atoms with Gasteiger partial charge in [-0.15, -0.1) is 0 Å². The Balaban J connectivity index is 2.84. The van der Waals surface area contributed by atoms with Crippen molar-refractivity contribution in [2.75, 3.05) is 0 Å². The van der Waals surface area contributed by atoms with Crippen LogP contribution in [0.15, 0.2) is 21.9 Å². The maximum Gasteiger partial charge on any atom is 0.331 e. The Morgan fingerprint density at radius 1 is 1.29 bits per heavy atom. The number of nitrogens with zero attached hydrogens (tertiary/aromatic N) is 2. The van der Waals surface area contributed by atoms with Crippen LogP contribution in [-0.2, 0) is 28.0 Å². The lowest BCUT2D eigenvalue weighted by Gasteiger charge is -2.13. The first-order valence-corrected chi connectivity index (χ1v) is 5.73. The minimum atomic E-state index is -1.60. The Labute approximate surface area is 117 Å². The summed E-state index contributed by atoms with van der Waals surface area (Å²) >= 11 is 0. The number of carbonyl (C=O) groups excluding carboxylic acids is 1. The zero-order chi connectivity index (χ0) is 16.2. The highest BCUT2D eigenvalue weighted by molar-refractivity contribution is 5.86. The summed E-state index contributed by atoms with van der Waals surface area (Å²) < 4.78 is 1.68. The van der Waals surface area contributed by atoms with Crippen molar-refractivity contribution < 1.29 is 24.6 Å². The molecule has 10 nitrogen and oxygen atoms in total. The van der Waals surface area contributed by atoms with Crippen LogP contribution in [0.1, 0.15) is 6.42 Å². The van der Waals surface area contributed by atoms with Gasteiger partial charge in [-0.1, -0.05) is 0 Å². The van der Waals surface area contributed by atoms with Crippen LogP contribution in [0.25, 0.3) is 0 Å². The number of hydrogen-bond donors (Lipinski definition) is 3. The highest BCUT2D eigenvalue weighted by Crippen LogP contribution is 1.93. The molecule has 0 spiro atoms. The first-order chi connectivity index (χ1) is 9.72. The third kappa shape index (κ3) is 4.30. The summed E-state index contributed by atoms with van der Waals surface area (Å²) in [5.74, 6) is -3.75. The molecule has 0 bridgehead atoms. The maximum atomic E-state index is 11.7. The molecule has 0 aliphatic carbocycles. The van der Waals surface area contributed by atoms with Crippen molar-refractivity contribution in [1.82, 2.24) is 14.5 Å². The van der Waals surface area contributed by atoms with Gasteiger partial charge in [0, 0.05) is 19.3 Å². The van der Waals surface area contributed by atoms with Gasteiger partial charge in [0.25, 0.3) is 5.56 Å². The Morgan fingerprint density at radius 2 is 1.90 bits per heavy atom. The van der Waals surface area contributed by atoms with Gasteiger partial charge >= 0.3 is 17.6 Å². The zero-order valence-electron chi connectivity index (χ0n) is 11.0. The summed E-state index contributed by atoms with van der Waals surface area (Å²) in [5, 5.41) is 19.3. The second-order valence-corrected chi connectivity index (χ2v) is 4.18.